The van der Waals surface area contributed by atoms with E-state index < -0.39 is 0 Å². The van der Waals surface area contributed by atoms with Crippen molar-refractivity contribution in [3.05, 3.63) is 24.3 Å². The fourth-order valence-corrected chi connectivity index (χ4v) is 2.55. The van der Waals surface area contributed by atoms with Gasteiger partial charge in [-0.1, -0.05) is 11.8 Å². The van der Waals surface area contributed by atoms with Crippen LogP contribution in [0.2, 0.25) is 0 Å². The zero-order chi connectivity index (χ0) is 15.5. The predicted molar refractivity (Wildman–Crippen MR) is 82.8 cm³/mol. The Kier molecular flexibility index (Phi) is 4.33. The van der Waals surface area contributed by atoms with Crippen LogP contribution in [0.4, 0.5) is 0 Å². The minimum Gasteiger partial charge on any atom is -0.497 e. The van der Waals surface area contributed by atoms with Crippen molar-refractivity contribution in [2.24, 2.45) is 0 Å². The molecule has 1 aromatic heterocycles. The Morgan fingerprint density at radius 3 is 2.73 bits per heavy atom. The van der Waals surface area contributed by atoms with Gasteiger partial charge >= 0.3 is 0 Å². The van der Waals surface area contributed by atoms with Crippen LogP contribution in [0.1, 0.15) is 19.8 Å². The molecule has 6 nitrogen and oxygen atoms in total. The Morgan fingerprint density at radius 2 is 2.09 bits per heavy atom. The molecule has 7 heteroatoms. The summed E-state index contributed by atoms with van der Waals surface area (Å²) in [6.45, 7) is 1.83. The van der Waals surface area contributed by atoms with Crippen LogP contribution in [0.5, 0.6) is 5.75 Å². The lowest BCUT2D eigenvalue weighted by Crippen LogP contribution is -2.32. The smallest absolute Gasteiger partial charge is 0.277 e. The van der Waals surface area contributed by atoms with E-state index in [0.717, 1.165) is 24.2 Å². The summed E-state index contributed by atoms with van der Waals surface area (Å²) in [4.78, 5) is 11.9. The summed E-state index contributed by atoms with van der Waals surface area (Å²) in [5, 5.41) is 11.1. The third-order valence-electron chi connectivity index (χ3n) is 3.31. The highest BCUT2D eigenvalue weighted by Crippen LogP contribution is 2.28. The maximum absolute atomic E-state index is 11.9. The number of hydrogen-bond acceptors (Lipinski definition) is 6. The van der Waals surface area contributed by atoms with Crippen LogP contribution in [0.3, 0.4) is 0 Å². The number of hydrogen-bond donors (Lipinski definition) is 1. The maximum atomic E-state index is 11.9. The van der Waals surface area contributed by atoms with Crippen molar-refractivity contribution in [2.45, 2.75) is 36.3 Å². The molecule has 0 spiro atoms. The second kappa shape index (κ2) is 6.39. The molecular formula is C15H17N3O3S. The Hall–Kier alpha value is -2.02. The molecule has 0 aliphatic heterocycles. The van der Waals surface area contributed by atoms with Crippen LogP contribution in [-0.4, -0.2) is 34.5 Å². The van der Waals surface area contributed by atoms with Crippen LogP contribution in [0.15, 0.2) is 33.9 Å². The maximum Gasteiger partial charge on any atom is 0.277 e. The summed E-state index contributed by atoms with van der Waals surface area (Å²) < 4.78 is 10.7. The first-order valence-electron chi connectivity index (χ1n) is 7.10. The van der Waals surface area contributed by atoms with Crippen molar-refractivity contribution < 1.29 is 13.9 Å². The van der Waals surface area contributed by atoms with Crippen molar-refractivity contribution in [1.82, 2.24) is 15.5 Å². The summed E-state index contributed by atoms with van der Waals surface area (Å²) in [6, 6.07) is 7.72. The third kappa shape index (κ3) is 3.59. The molecule has 116 valence electrons. The van der Waals surface area contributed by atoms with Crippen molar-refractivity contribution >= 4 is 17.7 Å². The second-order valence-electron chi connectivity index (χ2n) is 5.14. The molecule has 1 N–H and O–H groups in total. The van der Waals surface area contributed by atoms with Crippen molar-refractivity contribution in [2.75, 3.05) is 7.11 Å². The van der Waals surface area contributed by atoms with Crippen LogP contribution in [0, 0.1) is 0 Å². The molecule has 1 heterocycles. The average Bonchev–Trinajstić information content (AvgIpc) is 3.23. The average molecular weight is 319 g/mol. The van der Waals surface area contributed by atoms with Crippen molar-refractivity contribution in [3.63, 3.8) is 0 Å². The first-order chi connectivity index (χ1) is 10.7. The molecule has 22 heavy (non-hydrogen) atoms. The largest absolute Gasteiger partial charge is 0.497 e. The van der Waals surface area contributed by atoms with E-state index in [2.05, 4.69) is 15.5 Å². The zero-order valence-corrected chi connectivity index (χ0v) is 13.2. The Morgan fingerprint density at radius 1 is 1.36 bits per heavy atom. The number of amides is 1. The monoisotopic (exact) mass is 319 g/mol. The van der Waals surface area contributed by atoms with Gasteiger partial charge in [-0.15, -0.1) is 10.2 Å². The summed E-state index contributed by atoms with van der Waals surface area (Å²) >= 11 is 1.27. The first-order valence-corrected chi connectivity index (χ1v) is 7.98. The van der Waals surface area contributed by atoms with Gasteiger partial charge < -0.3 is 14.5 Å². The zero-order valence-electron chi connectivity index (χ0n) is 12.4. The number of carbonyl (C=O) groups excluding carboxylic acids is 1. The summed E-state index contributed by atoms with van der Waals surface area (Å²) in [7, 11) is 1.62. The van der Waals surface area contributed by atoms with E-state index >= 15 is 0 Å². The van der Waals surface area contributed by atoms with Gasteiger partial charge in [0.05, 0.1) is 12.4 Å². The number of aromatic nitrogens is 2. The molecule has 3 rings (SSSR count). The van der Waals surface area contributed by atoms with Crippen LogP contribution < -0.4 is 10.1 Å². The van der Waals surface area contributed by atoms with E-state index in [1.807, 2.05) is 31.2 Å². The van der Waals surface area contributed by atoms with Gasteiger partial charge in [0.15, 0.2) is 0 Å². The number of methoxy groups -OCH3 is 1. The van der Waals surface area contributed by atoms with Crippen molar-refractivity contribution in [3.8, 4) is 17.2 Å². The molecule has 1 aliphatic rings. The number of carbonyl (C=O) groups is 1. The fourth-order valence-electron chi connectivity index (χ4n) is 1.86. The van der Waals surface area contributed by atoms with E-state index in [1.165, 1.54) is 11.8 Å². The molecule has 1 saturated carbocycles. The SMILES string of the molecule is COc1ccc(-c2nnc(S[C@@H](C)C(=O)NC3CC3)o2)cc1. The summed E-state index contributed by atoms with van der Waals surface area (Å²) in [6.07, 6.45) is 2.15. The first kappa shape index (κ1) is 14.9. The number of ether oxygens (including phenoxy) is 1. The number of rotatable bonds is 6. The number of thioether (sulfide) groups is 1. The molecule has 2 aromatic rings. The molecule has 1 fully saturated rings. The van der Waals surface area contributed by atoms with E-state index in [0.29, 0.717) is 17.2 Å². The van der Waals surface area contributed by atoms with E-state index in [4.69, 9.17) is 9.15 Å². The highest BCUT2D eigenvalue weighted by molar-refractivity contribution is 8.00. The molecule has 1 aromatic carbocycles. The minimum atomic E-state index is -0.259. The second-order valence-corrected chi connectivity index (χ2v) is 6.44. The van der Waals surface area contributed by atoms with Gasteiger partial charge in [-0.2, -0.15) is 0 Å². The molecule has 1 atom stereocenters. The molecule has 0 unspecified atom stereocenters. The lowest BCUT2D eigenvalue weighted by molar-refractivity contribution is -0.120. The van der Waals surface area contributed by atoms with Crippen LogP contribution >= 0.6 is 11.8 Å². The van der Waals surface area contributed by atoms with Gasteiger partial charge in [0, 0.05) is 11.6 Å². The minimum absolute atomic E-state index is 0.0108. The third-order valence-corrected chi connectivity index (χ3v) is 4.25. The Bertz CT molecular complexity index is 652. The number of nitrogens with zero attached hydrogens (tertiary/aromatic N) is 2. The van der Waals surface area contributed by atoms with E-state index in [9.17, 15) is 4.79 Å². The Labute approximate surface area is 132 Å². The lowest BCUT2D eigenvalue weighted by Gasteiger charge is -2.08. The summed E-state index contributed by atoms with van der Waals surface area (Å²) in [5.41, 5.74) is 0.815. The van der Waals surface area contributed by atoms with Crippen LogP contribution in [0.25, 0.3) is 11.5 Å². The van der Waals surface area contributed by atoms with Gasteiger partial charge in [-0.3, -0.25) is 4.79 Å². The number of nitrogens with one attached hydrogen (secondary N) is 1. The predicted octanol–water partition coefficient (Wildman–Crippen LogP) is 2.50. The van der Waals surface area contributed by atoms with E-state index in [-0.39, 0.29) is 11.2 Å². The Balaban J connectivity index is 1.63. The molecule has 1 aliphatic carbocycles. The summed E-state index contributed by atoms with van der Waals surface area (Å²) in [5.74, 6) is 1.21. The molecule has 0 radical (unpaired) electrons. The van der Waals surface area contributed by atoms with Gasteiger partial charge in [0.2, 0.25) is 11.8 Å². The normalized spacial score (nSPS) is 15.4. The van der Waals surface area contributed by atoms with Gasteiger partial charge in [-0.05, 0) is 44.0 Å². The standard InChI is InChI=1S/C15H17N3O3S/c1-9(13(19)16-11-5-6-11)22-15-18-17-14(21-15)10-3-7-12(20-2)8-4-10/h3-4,7-9,11H,5-6H2,1-2H3,(H,16,19)/t9-/m0/s1. The molecule has 0 bridgehead atoms. The molecular weight excluding hydrogens is 302 g/mol. The van der Waals surface area contributed by atoms with Crippen molar-refractivity contribution in [1.29, 1.82) is 0 Å². The highest BCUT2D eigenvalue weighted by Gasteiger charge is 2.27. The molecule has 1 amide bonds. The van der Waals surface area contributed by atoms with Gasteiger partial charge in [0.1, 0.15) is 5.75 Å². The fraction of sp³-hybridized carbons (Fsp3) is 0.400. The van der Waals surface area contributed by atoms with E-state index in [1.54, 1.807) is 7.11 Å². The quantitative estimate of drug-likeness (QED) is 0.824. The van der Waals surface area contributed by atoms with Gasteiger partial charge in [-0.25, -0.2) is 0 Å². The lowest BCUT2D eigenvalue weighted by atomic mass is 10.2. The van der Waals surface area contributed by atoms with Gasteiger partial charge in [0.25, 0.3) is 5.22 Å². The molecule has 0 saturated heterocycles. The topological polar surface area (TPSA) is 77.2 Å². The highest BCUT2D eigenvalue weighted by atomic mass is 32.2. The van der Waals surface area contributed by atoms with Crippen LogP contribution in [-0.2, 0) is 4.79 Å². The number of benzene rings is 1.